The first-order valence-corrected chi connectivity index (χ1v) is 11.6. The highest BCUT2D eigenvalue weighted by atomic mass is 16.5. The molecule has 0 aliphatic carbocycles. The lowest BCUT2D eigenvalue weighted by molar-refractivity contribution is 0.108. The smallest absolute Gasteiger partial charge is 0.126 e. The summed E-state index contributed by atoms with van der Waals surface area (Å²) in [7, 11) is 1.64. The molecule has 31 heavy (non-hydrogen) atoms. The third-order valence-electron chi connectivity index (χ3n) is 6.84. The van der Waals surface area contributed by atoms with Crippen LogP contribution in [0.2, 0.25) is 0 Å². The zero-order valence-electron chi connectivity index (χ0n) is 18.4. The maximum atomic E-state index is 10.7. The highest BCUT2D eigenvalue weighted by Gasteiger charge is 2.25. The number of rotatable bonds is 1. The summed E-state index contributed by atoms with van der Waals surface area (Å²) in [5.41, 5.74) is 3.81. The highest BCUT2D eigenvalue weighted by Crippen LogP contribution is 2.38. The molecule has 0 spiro atoms. The molecule has 0 saturated carbocycles. The topological polar surface area (TPSA) is 82.0 Å². The molecule has 2 aromatic rings. The zero-order valence-corrected chi connectivity index (χ0v) is 18.4. The van der Waals surface area contributed by atoms with Gasteiger partial charge in [0, 0.05) is 23.2 Å². The van der Waals surface area contributed by atoms with Crippen molar-refractivity contribution < 1.29 is 20.1 Å². The highest BCUT2D eigenvalue weighted by molar-refractivity contribution is 5.76. The molecule has 2 aromatic carbocycles. The molecular weight excluding hydrogens is 390 g/mol. The molecule has 5 nitrogen and oxygen atoms in total. The molecule has 168 valence electrons. The van der Waals surface area contributed by atoms with Gasteiger partial charge in [-0.3, -0.25) is 0 Å². The number of phenolic OH excluding ortho intramolecular Hbond substituents is 1. The number of hydrogen-bond donors (Lipinski definition) is 4. The summed E-state index contributed by atoms with van der Waals surface area (Å²) in [6.45, 7) is 0. The predicted octanol–water partition coefficient (Wildman–Crippen LogP) is 3.96. The van der Waals surface area contributed by atoms with Gasteiger partial charge in [0.05, 0.1) is 19.3 Å². The average Bonchev–Trinajstić information content (AvgIpc) is 2.76. The van der Waals surface area contributed by atoms with Crippen molar-refractivity contribution in [1.29, 1.82) is 0 Å². The quantitative estimate of drug-likeness (QED) is 0.556. The van der Waals surface area contributed by atoms with E-state index in [2.05, 4.69) is 11.4 Å². The fourth-order valence-corrected chi connectivity index (χ4v) is 5.12. The Labute approximate surface area is 185 Å². The van der Waals surface area contributed by atoms with Crippen LogP contribution < -0.4 is 10.1 Å². The molecular formula is C26H35NO4. The van der Waals surface area contributed by atoms with Gasteiger partial charge in [-0.25, -0.2) is 0 Å². The first-order chi connectivity index (χ1) is 15.0. The van der Waals surface area contributed by atoms with E-state index in [1.54, 1.807) is 13.2 Å². The number of fused-ring (bicyclic) bond motifs is 7. The number of ether oxygens (including phenoxy) is 1. The van der Waals surface area contributed by atoms with Gasteiger partial charge in [-0.15, -0.1) is 0 Å². The summed E-state index contributed by atoms with van der Waals surface area (Å²) in [5.74, 6) is 0.934. The lowest BCUT2D eigenvalue weighted by Crippen LogP contribution is -2.45. The Hall–Kier alpha value is -2.08. The van der Waals surface area contributed by atoms with Crippen LogP contribution in [0.3, 0.4) is 0 Å². The third kappa shape index (κ3) is 5.59. The second-order valence-corrected chi connectivity index (χ2v) is 9.23. The van der Waals surface area contributed by atoms with Crippen LogP contribution >= 0.6 is 0 Å². The number of methoxy groups -OCH3 is 1. The monoisotopic (exact) mass is 425 g/mol. The summed E-state index contributed by atoms with van der Waals surface area (Å²) in [6, 6.07) is 12.3. The Bertz CT molecular complexity index is 884. The van der Waals surface area contributed by atoms with Gasteiger partial charge < -0.3 is 25.4 Å². The van der Waals surface area contributed by atoms with E-state index >= 15 is 0 Å². The van der Waals surface area contributed by atoms with Crippen LogP contribution in [0, 0.1) is 0 Å². The van der Waals surface area contributed by atoms with Gasteiger partial charge >= 0.3 is 0 Å². The first kappa shape index (κ1) is 22.1. The minimum atomic E-state index is -0.369. The van der Waals surface area contributed by atoms with Gasteiger partial charge in [-0.05, 0) is 86.8 Å². The summed E-state index contributed by atoms with van der Waals surface area (Å²) in [6.07, 6.45) is 6.98. The van der Waals surface area contributed by atoms with E-state index in [1.807, 2.05) is 24.3 Å². The normalized spacial score (nSPS) is 27.3. The van der Waals surface area contributed by atoms with E-state index in [0.29, 0.717) is 30.7 Å². The fraction of sp³-hybridized carbons (Fsp3) is 0.538. The minimum Gasteiger partial charge on any atom is -0.507 e. The number of piperidine rings is 1. The molecule has 5 heteroatoms. The Morgan fingerprint density at radius 2 is 1.39 bits per heavy atom. The molecule has 4 atom stereocenters. The van der Waals surface area contributed by atoms with Crippen molar-refractivity contribution in [3.05, 3.63) is 47.5 Å². The summed E-state index contributed by atoms with van der Waals surface area (Å²) < 4.78 is 5.58. The lowest BCUT2D eigenvalue weighted by atomic mass is 9.90. The van der Waals surface area contributed by atoms with Gasteiger partial charge in [0.25, 0.3) is 0 Å². The number of aryl methyl sites for hydroxylation is 2. The van der Waals surface area contributed by atoms with Crippen molar-refractivity contribution in [3.8, 4) is 22.6 Å². The van der Waals surface area contributed by atoms with Crippen molar-refractivity contribution in [2.75, 3.05) is 7.11 Å². The van der Waals surface area contributed by atoms with Crippen molar-refractivity contribution in [2.45, 2.75) is 82.1 Å². The number of hydrogen-bond acceptors (Lipinski definition) is 5. The molecule has 0 aromatic heterocycles. The van der Waals surface area contributed by atoms with Gasteiger partial charge in [-0.2, -0.15) is 0 Å². The van der Waals surface area contributed by atoms with Crippen LogP contribution in [0.1, 0.15) is 56.1 Å². The first-order valence-electron chi connectivity index (χ1n) is 11.6. The largest absolute Gasteiger partial charge is 0.507 e. The number of aromatic hydroxyl groups is 1. The molecule has 0 amide bonds. The Balaban J connectivity index is 1.66. The standard InChI is InChI=1S/C26H35NO4/c1-31-26-12-8-18-6-10-22(29)16-20-4-2-3-19(27-20)15-21(28)9-5-17-7-11-25(30)23(13-17)24(26)14-18/h7-8,11-14,19-22,27-30H,2-6,9-10,15-16H2,1H3. The van der Waals surface area contributed by atoms with E-state index in [4.69, 9.17) is 4.74 Å². The van der Waals surface area contributed by atoms with E-state index < -0.39 is 0 Å². The second-order valence-electron chi connectivity index (χ2n) is 9.23. The molecule has 6 bridgehead atoms. The number of benzene rings is 2. The third-order valence-corrected chi connectivity index (χ3v) is 6.84. The van der Waals surface area contributed by atoms with Crippen LogP contribution in [0.4, 0.5) is 0 Å². The van der Waals surface area contributed by atoms with Gasteiger partial charge in [0.1, 0.15) is 11.5 Å². The summed E-state index contributed by atoms with van der Waals surface area (Å²) >= 11 is 0. The maximum absolute atomic E-state index is 10.7. The Kier molecular flexibility index (Phi) is 7.16. The predicted molar refractivity (Wildman–Crippen MR) is 123 cm³/mol. The van der Waals surface area contributed by atoms with Crippen LogP contribution in [0.15, 0.2) is 36.4 Å². The number of aliphatic hydroxyl groups excluding tert-OH is 2. The molecule has 4 N–H and O–H groups in total. The maximum Gasteiger partial charge on any atom is 0.126 e. The summed E-state index contributed by atoms with van der Waals surface area (Å²) in [4.78, 5) is 0. The van der Waals surface area contributed by atoms with Crippen LogP contribution in [-0.4, -0.2) is 46.7 Å². The molecule has 4 unspecified atom stereocenters. The minimum absolute atomic E-state index is 0.218. The fourth-order valence-electron chi connectivity index (χ4n) is 5.12. The molecule has 4 rings (SSSR count). The van der Waals surface area contributed by atoms with Crippen molar-refractivity contribution in [3.63, 3.8) is 0 Å². The SMILES string of the molecule is COc1ccc2cc1-c1cc(ccc1O)CCC(O)CC1CCCC(CC(O)CC2)N1. The number of aliphatic hydroxyl groups is 2. The van der Waals surface area contributed by atoms with E-state index in [1.165, 1.54) is 0 Å². The average molecular weight is 426 g/mol. The van der Waals surface area contributed by atoms with Crippen molar-refractivity contribution in [2.24, 2.45) is 0 Å². The van der Waals surface area contributed by atoms with Crippen LogP contribution in [0.5, 0.6) is 11.5 Å². The van der Waals surface area contributed by atoms with Crippen molar-refractivity contribution in [1.82, 2.24) is 5.32 Å². The number of phenols is 1. The molecule has 2 aliphatic rings. The van der Waals surface area contributed by atoms with Gasteiger partial charge in [0.15, 0.2) is 0 Å². The van der Waals surface area contributed by atoms with Crippen LogP contribution in [-0.2, 0) is 12.8 Å². The van der Waals surface area contributed by atoms with E-state index in [-0.39, 0.29) is 18.0 Å². The number of nitrogens with one attached hydrogen (secondary N) is 1. The Morgan fingerprint density at radius 1 is 0.806 bits per heavy atom. The van der Waals surface area contributed by atoms with Gasteiger partial charge in [0.2, 0.25) is 0 Å². The van der Waals surface area contributed by atoms with E-state index in [0.717, 1.165) is 67.2 Å². The summed E-state index contributed by atoms with van der Waals surface area (Å²) in [5, 5.41) is 35.6. The molecule has 2 heterocycles. The molecule has 1 saturated heterocycles. The van der Waals surface area contributed by atoms with Crippen LogP contribution in [0.25, 0.3) is 11.1 Å². The molecule has 1 fully saturated rings. The lowest BCUT2D eigenvalue weighted by Gasteiger charge is -2.33. The second kappa shape index (κ2) is 10.0. The van der Waals surface area contributed by atoms with E-state index in [9.17, 15) is 15.3 Å². The molecule has 2 aliphatic heterocycles. The zero-order chi connectivity index (χ0) is 21.8. The van der Waals surface area contributed by atoms with Gasteiger partial charge in [-0.1, -0.05) is 18.6 Å². The molecule has 0 radical (unpaired) electrons. The van der Waals surface area contributed by atoms with Crippen molar-refractivity contribution >= 4 is 0 Å². The Morgan fingerprint density at radius 3 is 2.00 bits per heavy atom.